The van der Waals surface area contributed by atoms with Crippen molar-refractivity contribution in [3.05, 3.63) is 87.2 Å². The second kappa shape index (κ2) is 8.93. The van der Waals surface area contributed by atoms with Crippen LogP contribution in [-0.4, -0.2) is 31.9 Å². The van der Waals surface area contributed by atoms with Gasteiger partial charge in [-0.1, -0.05) is 36.4 Å². The van der Waals surface area contributed by atoms with Crippen molar-refractivity contribution in [2.24, 2.45) is 0 Å². The van der Waals surface area contributed by atoms with Crippen molar-refractivity contribution in [3.63, 3.8) is 0 Å². The van der Waals surface area contributed by atoms with Crippen molar-refractivity contribution in [1.29, 1.82) is 0 Å². The van der Waals surface area contributed by atoms with E-state index in [1.807, 2.05) is 37.3 Å². The molecule has 0 saturated carbocycles. The third-order valence-electron chi connectivity index (χ3n) is 5.11. The zero-order valence-electron chi connectivity index (χ0n) is 17.8. The van der Waals surface area contributed by atoms with E-state index in [1.165, 1.54) is 4.57 Å². The van der Waals surface area contributed by atoms with E-state index in [1.54, 1.807) is 42.3 Å². The van der Waals surface area contributed by atoms with Gasteiger partial charge in [-0.05, 0) is 24.6 Å². The number of carbonyl (C=O) groups is 1. The highest BCUT2D eigenvalue weighted by atomic mass is 16.5. The van der Waals surface area contributed by atoms with Crippen LogP contribution in [0.15, 0.2) is 70.4 Å². The van der Waals surface area contributed by atoms with Crippen LogP contribution in [-0.2, 0) is 24.4 Å². The van der Waals surface area contributed by atoms with E-state index in [-0.39, 0.29) is 18.6 Å². The Morgan fingerprint density at radius 3 is 2.56 bits per heavy atom. The van der Waals surface area contributed by atoms with Crippen LogP contribution in [0.3, 0.4) is 0 Å². The Kier molecular flexibility index (Phi) is 5.89. The van der Waals surface area contributed by atoms with Crippen LogP contribution >= 0.6 is 0 Å². The van der Waals surface area contributed by atoms with E-state index in [4.69, 9.17) is 4.74 Å². The van der Waals surface area contributed by atoms with E-state index >= 15 is 0 Å². The number of carbonyl (C=O) groups excluding carboxylic acids is 1. The number of benzene rings is 2. The fourth-order valence-electron chi connectivity index (χ4n) is 3.49. The molecule has 0 fully saturated rings. The molecule has 0 unspecified atom stereocenters. The van der Waals surface area contributed by atoms with Crippen molar-refractivity contribution in [2.75, 3.05) is 12.4 Å². The number of hydrogen-bond acceptors (Lipinski definition) is 5. The molecule has 0 atom stereocenters. The fourth-order valence-corrected chi connectivity index (χ4v) is 3.49. The summed E-state index contributed by atoms with van der Waals surface area (Å²) in [5.74, 6) is 0.193. The van der Waals surface area contributed by atoms with Crippen LogP contribution in [0.2, 0.25) is 0 Å². The Hall–Kier alpha value is -4.14. The van der Waals surface area contributed by atoms with Crippen molar-refractivity contribution in [1.82, 2.24) is 18.9 Å². The van der Waals surface area contributed by atoms with Gasteiger partial charge in [0.1, 0.15) is 12.3 Å². The van der Waals surface area contributed by atoms with Gasteiger partial charge in [0.25, 0.3) is 5.56 Å². The minimum absolute atomic E-state index is 0.0882. The topological polar surface area (TPSA) is 100 Å². The van der Waals surface area contributed by atoms with E-state index in [9.17, 15) is 14.4 Å². The van der Waals surface area contributed by atoms with Gasteiger partial charge >= 0.3 is 5.69 Å². The first-order valence-electron chi connectivity index (χ1n) is 10.2. The maximum absolute atomic E-state index is 13.3. The molecule has 2 aromatic carbocycles. The third kappa shape index (κ3) is 4.18. The summed E-state index contributed by atoms with van der Waals surface area (Å²) in [4.78, 5) is 39.1. The van der Waals surface area contributed by atoms with Gasteiger partial charge in [-0.15, -0.1) is 0 Å². The summed E-state index contributed by atoms with van der Waals surface area (Å²) in [5.41, 5.74) is 0.769. The Balaban J connectivity index is 1.75. The van der Waals surface area contributed by atoms with Gasteiger partial charge in [0.15, 0.2) is 5.52 Å². The van der Waals surface area contributed by atoms with E-state index in [0.29, 0.717) is 23.5 Å². The lowest BCUT2D eigenvalue weighted by atomic mass is 10.2. The zero-order chi connectivity index (χ0) is 22.7. The van der Waals surface area contributed by atoms with Crippen molar-refractivity contribution >= 4 is 22.6 Å². The van der Waals surface area contributed by atoms with Gasteiger partial charge in [-0.3, -0.25) is 23.4 Å². The van der Waals surface area contributed by atoms with Gasteiger partial charge in [-0.2, -0.15) is 5.10 Å². The molecule has 0 bridgehead atoms. The predicted molar refractivity (Wildman–Crippen MR) is 121 cm³/mol. The second-order valence-corrected chi connectivity index (χ2v) is 7.24. The standard InChI is InChI=1S/C23H23N5O4/c1-3-26-14-19-21(25-26)22(30)28(13-16-8-5-4-6-9-16)23(31)27(19)15-20(29)24-17-10-7-11-18(12-17)32-2/h4-12,14H,3,13,15H2,1-2H3,(H,24,29). The SMILES string of the molecule is CCn1cc2c(n1)c(=O)n(Cc1ccccc1)c(=O)n2CC(=O)Nc1cccc(OC)c1. The van der Waals surface area contributed by atoms with Crippen LogP contribution in [0.25, 0.3) is 11.0 Å². The normalized spacial score (nSPS) is 10.9. The molecule has 32 heavy (non-hydrogen) atoms. The molecule has 1 N–H and O–H groups in total. The summed E-state index contributed by atoms with van der Waals surface area (Å²) in [5, 5.41) is 7.09. The molecule has 0 radical (unpaired) electrons. The molecule has 9 nitrogen and oxygen atoms in total. The molecule has 0 aliphatic rings. The maximum Gasteiger partial charge on any atom is 0.332 e. The molecular formula is C23H23N5O4. The number of fused-ring (bicyclic) bond motifs is 1. The van der Waals surface area contributed by atoms with Crippen molar-refractivity contribution in [3.8, 4) is 5.75 Å². The average molecular weight is 433 g/mol. The number of methoxy groups -OCH3 is 1. The van der Waals surface area contributed by atoms with Crippen LogP contribution < -0.4 is 21.3 Å². The highest BCUT2D eigenvalue weighted by Crippen LogP contribution is 2.17. The van der Waals surface area contributed by atoms with Gasteiger partial charge in [-0.25, -0.2) is 4.79 Å². The summed E-state index contributed by atoms with van der Waals surface area (Å²) < 4.78 is 9.16. The Morgan fingerprint density at radius 1 is 1.06 bits per heavy atom. The molecule has 4 aromatic rings. The van der Waals surface area contributed by atoms with Gasteiger partial charge in [0, 0.05) is 24.5 Å². The number of anilines is 1. The average Bonchev–Trinajstić information content (AvgIpc) is 3.25. The van der Waals surface area contributed by atoms with Crippen molar-refractivity contribution < 1.29 is 9.53 Å². The fraction of sp³-hybridized carbons (Fsp3) is 0.217. The number of hydrogen-bond donors (Lipinski definition) is 1. The predicted octanol–water partition coefficient (Wildman–Crippen LogP) is 2.08. The Morgan fingerprint density at radius 2 is 1.84 bits per heavy atom. The van der Waals surface area contributed by atoms with Gasteiger partial charge in [0.2, 0.25) is 5.91 Å². The maximum atomic E-state index is 13.3. The summed E-state index contributed by atoms with van der Waals surface area (Å²) in [6, 6.07) is 16.1. The quantitative estimate of drug-likeness (QED) is 0.481. The highest BCUT2D eigenvalue weighted by Gasteiger charge is 2.19. The summed E-state index contributed by atoms with van der Waals surface area (Å²) in [6.45, 7) is 2.23. The highest BCUT2D eigenvalue weighted by molar-refractivity contribution is 5.91. The summed E-state index contributed by atoms with van der Waals surface area (Å²) in [6.07, 6.45) is 1.61. The monoisotopic (exact) mass is 433 g/mol. The lowest BCUT2D eigenvalue weighted by Gasteiger charge is -2.12. The molecule has 9 heteroatoms. The van der Waals surface area contributed by atoms with Gasteiger partial charge in [0.05, 0.1) is 19.2 Å². The molecule has 0 spiro atoms. The molecular weight excluding hydrogens is 410 g/mol. The number of nitrogens with zero attached hydrogens (tertiary/aromatic N) is 4. The first kappa shape index (κ1) is 21.1. The van der Waals surface area contributed by atoms with Crippen LogP contribution in [0.4, 0.5) is 5.69 Å². The van der Waals surface area contributed by atoms with Crippen LogP contribution in [0, 0.1) is 0 Å². The smallest absolute Gasteiger partial charge is 0.332 e. The Bertz CT molecular complexity index is 1390. The van der Waals surface area contributed by atoms with Crippen LogP contribution in [0.1, 0.15) is 12.5 Å². The molecule has 164 valence electrons. The zero-order valence-corrected chi connectivity index (χ0v) is 17.8. The third-order valence-corrected chi connectivity index (χ3v) is 5.11. The largest absolute Gasteiger partial charge is 0.497 e. The minimum atomic E-state index is -0.567. The molecule has 2 aromatic heterocycles. The van der Waals surface area contributed by atoms with Crippen LogP contribution in [0.5, 0.6) is 5.75 Å². The number of aromatic nitrogens is 4. The summed E-state index contributed by atoms with van der Waals surface area (Å²) in [7, 11) is 1.54. The lowest BCUT2D eigenvalue weighted by molar-refractivity contribution is -0.116. The van der Waals surface area contributed by atoms with Crippen molar-refractivity contribution in [2.45, 2.75) is 26.6 Å². The molecule has 0 aliphatic carbocycles. The van der Waals surface area contributed by atoms with E-state index < -0.39 is 17.2 Å². The molecule has 0 saturated heterocycles. The number of amides is 1. The summed E-state index contributed by atoms with van der Waals surface area (Å²) >= 11 is 0. The first-order chi connectivity index (χ1) is 15.5. The Labute approximate surface area is 183 Å². The number of aryl methyl sites for hydroxylation is 1. The first-order valence-corrected chi connectivity index (χ1v) is 10.2. The minimum Gasteiger partial charge on any atom is -0.497 e. The lowest BCUT2D eigenvalue weighted by Crippen LogP contribution is -2.41. The molecule has 4 rings (SSSR count). The van der Waals surface area contributed by atoms with E-state index in [2.05, 4.69) is 10.4 Å². The second-order valence-electron chi connectivity index (χ2n) is 7.24. The van der Waals surface area contributed by atoms with E-state index in [0.717, 1.165) is 10.1 Å². The number of rotatable bonds is 7. The number of ether oxygens (including phenoxy) is 1. The molecule has 0 aliphatic heterocycles. The molecule has 1 amide bonds. The number of nitrogens with one attached hydrogen (secondary N) is 1. The van der Waals surface area contributed by atoms with Gasteiger partial charge < -0.3 is 10.1 Å². The molecule has 2 heterocycles.